The van der Waals surface area contributed by atoms with Crippen LogP contribution in [0.15, 0.2) is 83.3 Å². The molecule has 2 rings (SSSR count). The lowest BCUT2D eigenvalue weighted by Gasteiger charge is -2.32. The highest BCUT2D eigenvalue weighted by molar-refractivity contribution is 5.88. The predicted molar refractivity (Wildman–Crippen MR) is 122 cm³/mol. The zero-order valence-electron chi connectivity index (χ0n) is 18.5. The minimum absolute atomic E-state index is 0.0986. The average Bonchev–Trinajstić information content (AvgIpc) is 2.66. The number of rotatable bonds is 7. The predicted octanol–water partition coefficient (Wildman–Crippen LogP) is 6.23. The zero-order chi connectivity index (χ0) is 21.3. The van der Waals surface area contributed by atoms with Crippen molar-refractivity contribution in [3.63, 3.8) is 0 Å². The molecule has 1 aromatic rings. The van der Waals surface area contributed by atoms with E-state index in [0.717, 1.165) is 11.1 Å². The molecule has 1 aliphatic rings. The monoisotopic (exact) mass is 390 g/mol. The lowest BCUT2D eigenvalue weighted by atomic mass is 9.72. The minimum Gasteiger partial charge on any atom is -0.348 e. The molecule has 0 aliphatic heterocycles. The molecule has 1 aromatic heterocycles. The van der Waals surface area contributed by atoms with E-state index in [1.807, 2.05) is 31.2 Å². The van der Waals surface area contributed by atoms with Gasteiger partial charge in [-0.1, -0.05) is 61.4 Å². The maximum absolute atomic E-state index is 12.0. The van der Waals surface area contributed by atoms with Crippen LogP contribution in [-0.2, 0) is 11.3 Å². The molecule has 0 aromatic carbocycles. The molecule has 29 heavy (non-hydrogen) atoms. The van der Waals surface area contributed by atoms with Gasteiger partial charge in [0.1, 0.15) is 0 Å². The summed E-state index contributed by atoms with van der Waals surface area (Å²) in [7, 11) is 0. The number of aromatic nitrogens is 1. The number of carbonyl (C=O) groups excluding carboxylic acids is 1. The van der Waals surface area contributed by atoms with Crippen LogP contribution < -0.4 is 5.32 Å². The van der Waals surface area contributed by atoms with Crippen molar-refractivity contribution < 1.29 is 4.79 Å². The quantitative estimate of drug-likeness (QED) is 0.443. The summed E-state index contributed by atoms with van der Waals surface area (Å²) < 4.78 is 0. The van der Waals surface area contributed by atoms with Crippen molar-refractivity contribution in [1.29, 1.82) is 0 Å². The molecule has 3 heteroatoms. The van der Waals surface area contributed by atoms with E-state index in [2.05, 4.69) is 56.2 Å². The Morgan fingerprint density at radius 3 is 2.72 bits per heavy atom. The Labute approximate surface area is 176 Å². The maximum Gasteiger partial charge on any atom is 0.244 e. The van der Waals surface area contributed by atoms with Gasteiger partial charge in [-0.2, -0.15) is 0 Å². The van der Waals surface area contributed by atoms with Crippen LogP contribution in [0.5, 0.6) is 0 Å². The van der Waals surface area contributed by atoms with E-state index in [-0.39, 0.29) is 11.3 Å². The average molecular weight is 391 g/mol. The number of carbonyl (C=O) groups is 1. The summed E-state index contributed by atoms with van der Waals surface area (Å²) in [5.74, 6) is -0.0986. The highest BCUT2D eigenvalue weighted by Crippen LogP contribution is 2.40. The second-order valence-electron chi connectivity index (χ2n) is 8.50. The normalized spacial score (nSPS) is 18.0. The van der Waals surface area contributed by atoms with Crippen LogP contribution in [0.2, 0.25) is 0 Å². The summed E-state index contributed by atoms with van der Waals surface area (Å²) in [5, 5.41) is 2.88. The molecule has 1 aliphatic carbocycles. The third kappa shape index (κ3) is 7.69. The Balaban J connectivity index is 1.90. The number of nitrogens with one attached hydrogen (secondary N) is 1. The van der Waals surface area contributed by atoms with E-state index in [4.69, 9.17) is 0 Å². The van der Waals surface area contributed by atoms with Gasteiger partial charge in [0, 0.05) is 25.0 Å². The third-order valence-electron chi connectivity index (χ3n) is 5.32. The molecular formula is C26H34N2O. The van der Waals surface area contributed by atoms with Gasteiger partial charge < -0.3 is 5.32 Å². The lowest BCUT2D eigenvalue weighted by Crippen LogP contribution is -2.20. The van der Waals surface area contributed by atoms with Crippen molar-refractivity contribution in [3.8, 4) is 0 Å². The van der Waals surface area contributed by atoms with E-state index in [9.17, 15) is 4.79 Å². The van der Waals surface area contributed by atoms with E-state index in [1.165, 1.54) is 36.0 Å². The first-order valence-electron chi connectivity index (χ1n) is 10.4. The number of pyridine rings is 1. The van der Waals surface area contributed by atoms with Crippen molar-refractivity contribution in [2.45, 2.75) is 60.4 Å². The maximum atomic E-state index is 12.0. The van der Waals surface area contributed by atoms with Crippen LogP contribution in [0, 0.1) is 5.41 Å². The molecule has 0 saturated carbocycles. The van der Waals surface area contributed by atoms with E-state index in [1.54, 1.807) is 18.5 Å². The van der Waals surface area contributed by atoms with Crippen LogP contribution in [-0.4, -0.2) is 10.9 Å². The molecule has 1 heterocycles. The van der Waals surface area contributed by atoms with Crippen molar-refractivity contribution >= 4 is 5.91 Å². The molecule has 0 spiro atoms. The van der Waals surface area contributed by atoms with Gasteiger partial charge in [0.15, 0.2) is 0 Å². The highest BCUT2D eigenvalue weighted by atomic mass is 16.1. The summed E-state index contributed by atoms with van der Waals surface area (Å²) in [6.07, 6.45) is 19.3. The van der Waals surface area contributed by atoms with Crippen LogP contribution in [0.3, 0.4) is 0 Å². The fourth-order valence-corrected chi connectivity index (χ4v) is 3.63. The van der Waals surface area contributed by atoms with Crippen LogP contribution in [0.25, 0.3) is 0 Å². The van der Waals surface area contributed by atoms with E-state index < -0.39 is 0 Å². The Bertz CT molecular complexity index is 852. The molecule has 0 saturated heterocycles. The van der Waals surface area contributed by atoms with Gasteiger partial charge in [-0.15, -0.1) is 0 Å². The van der Waals surface area contributed by atoms with Crippen LogP contribution in [0.1, 0.15) is 59.4 Å². The molecule has 3 nitrogen and oxygen atoms in total. The Morgan fingerprint density at radius 1 is 1.24 bits per heavy atom. The minimum atomic E-state index is -0.0986. The number of allylic oxidation sites excluding steroid dienone is 9. The third-order valence-corrected chi connectivity index (χ3v) is 5.32. The van der Waals surface area contributed by atoms with Crippen molar-refractivity contribution in [2.24, 2.45) is 5.41 Å². The van der Waals surface area contributed by atoms with Gasteiger partial charge in [0.25, 0.3) is 0 Å². The molecule has 0 fully saturated rings. The molecule has 0 bridgehead atoms. The molecule has 0 unspecified atom stereocenters. The van der Waals surface area contributed by atoms with Crippen molar-refractivity contribution in [3.05, 3.63) is 88.8 Å². The molecular weight excluding hydrogens is 356 g/mol. The van der Waals surface area contributed by atoms with Gasteiger partial charge in [-0.05, 0) is 68.2 Å². The number of amides is 1. The second-order valence-corrected chi connectivity index (χ2v) is 8.50. The number of nitrogens with zero attached hydrogens (tertiary/aromatic N) is 1. The standard InChI is InChI=1S/C26H34N2O/c1-20(13-14-24-22(3)11-7-15-26(24,4)5)9-6-10-21(2)17-25(29)28-19-23-12-8-16-27-18-23/h6,8-10,12-14,16-18H,7,11,15,19H2,1-5H3,(H,28,29)/b10-6+,14-13+,20-9+,21-17+. The van der Waals surface area contributed by atoms with Gasteiger partial charge >= 0.3 is 0 Å². The smallest absolute Gasteiger partial charge is 0.244 e. The summed E-state index contributed by atoms with van der Waals surface area (Å²) in [6, 6.07) is 3.80. The van der Waals surface area contributed by atoms with Crippen LogP contribution >= 0.6 is 0 Å². The second kappa shape index (κ2) is 10.8. The summed E-state index contributed by atoms with van der Waals surface area (Å²) >= 11 is 0. The van der Waals surface area contributed by atoms with Gasteiger partial charge in [-0.25, -0.2) is 0 Å². The van der Waals surface area contributed by atoms with Crippen molar-refractivity contribution in [1.82, 2.24) is 10.3 Å². The molecule has 1 N–H and O–H groups in total. The fraction of sp³-hybridized carbons (Fsp3) is 0.385. The first kappa shape index (κ1) is 22.6. The zero-order valence-corrected chi connectivity index (χ0v) is 18.5. The number of hydrogen-bond acceptors (Lipinski definition) is 2. The van der Waals surface area contributed by atoms with Gasteiger partial charge in [-0.3, -0.25) is 9.78 Å². The van der Waals surface area contributed by atoms with Crippen LogP contribution in [0.4, 0.5) is 0 Å². The highest BCUT2D eigenvalue weighted by Gasteiger charge is 2.26. The number of hydrogen-bond donors (Lipinski definition) is 1. The van der Waals surface area contributed by atoms with Crippen molar-refractivity contribution in [2.75, 3.05) is 0 Å². The largest absolute Gasteiger partial charge is 0.348 e. The van der Waals surface area contributed by atoms with E-state index in [0.29, 0.717) is 6.54 Å². The van der Waals surface area contributed by atoms with Gasteiger partial charge in [0.2, 0.25) is 5.91 Å². The fourth-order valence-electron chi connectivity index (χ4n) is 3.63. The lowest BCUT2D eigenvalue weighted by molar-refractivity contribution is -0.116. The topological polar surface area (TPSA) is 42.0 Å². The van der Waals surface area contributed by atoms with Gasteiger partial charge in [0.05, 0.1) is 0 Å². The van der Waals surface area contributed by atoms with E-state index >= 15 is 0 Å². The summed E-state index contributed by atoms with van der Waals surface area (Å²) in [5.41, 5.74) is 6.33. The molecule has 0 atom stereocenters. The Hall–Kier alpha value is -2.68. The first-order valence-corrected chi connectivity index (χ1v) is 10.4. The Morgan fingerprint density at radius 2 is 2.03 bits per heavy atom. The summed E-state index contributed by atoms with van der Waals surface area (Å²) in [4.78, 5) is 16.1. The molecule has 154 valence electrons. The SMILES string of the molecule is CC1=C(/C=C/C(C)=C/C=C/C(C)=C/C(=O)NCc2cccnc2)C(C)(C)CCC1. The Kier molecular flexibility index (Phi) is 8.38. The first-order chi connectivity index (χ1) is 13.8. The summed E-state index contributed by atoms with van der Waals surface area (Å²) in [6.45, 7) is 11.4. The molecule has 0 radical (unpaired) electrons. The molecule has 1 amide bonds.